The average molecular weight is 279 g/mol. The van der Waals surface area contributed by atoms with Crippen molar-refractivity contribution in [1.82, 2.24) is 0 Å². The summed E-state index contributed by atoms with van der Waals surface area (Å²) in [6.07, 6.45) is 5.00. The number of carbonyl (C=O) groups is 1. The molecule has 0 amide bonds. The van der Waals surface area contributed by atoms with Crippen molar-refractivity contribution in [1.29, 1.82) is 0 Å². The molecule has 0 aromatic heterocycles. The van der Waals surface area contributed by atoms with E-state index in [4.69, 9.17) is 0 Å². The molecule has 108 valence electrons. The Balaban J connectivity index is 2.08. The van der Waals surface area contributed by atoms with Gasteiger partial charge in [0.2, 0.25) is 0 Å². The van der Waals surface area contributed by atoms with E-state index >= 15 is 0 Å². The van der Waals surface area contributed by atoms with Crippen LogP contribution >= 0.6 is 0 Å². The number of carbonyl (C=O) groups excluding carboxylic acids is 1. The normalized spacial score (nSPS) is 10.8. The fourth-order valence-corrected chi connectivity index (χ4v) is 2.26. The third-order valence-corrected chi connectivity index (χ3v) is 3.56. The predicted octanol–water partition coefficient (Wildman–Crippen LogP) is 4.52. The van der Waals surface area contributed by atoms with E-state index in [9.17, 15) is 4.79 Å². The maximum absolute atomic E-state index is 10.6. The molecule has 0 radical (unpaired) electrons. The Hall–Kier alpha value is -2.35. The van der Waals surface area contributed by atoms with Crippen LogP contribution in [0.3, 0.4) is 0 Å². The van der Waals surface area contributed by atoms with Gasteiger partial charge in [-0.1, -0.05) is 48.6 Å². The van der Waals surface area contributed by atoms with E-state index in [1.54, 1.807) is 0 Å². The Morgan fingerprint density at radius 1 is 0.762 bits per heavy atom. The topological polar surface area (TPSA) is 20.3 Å². The zero-order valence-electron chi connectivity index (χ0n) is 12.6. The lowest BCUT2D eigenvalue weighted by molar-refractivity contribution is 0.112. The zero-order chi connectivity index (χ0) is 15.1. The first kappa shape index (κ1) is 15.0. The maximum Gasteiger partial charge on any atom is 0.150 e. The van der Waals surface area contributed by atoms with Gasteiger partial charge in [-0.3, -0.25) is 4.79 Å². The molecule has 21 heavy (non-hydrogen) atoms. The summed E-state index contributed by atoms with van der Waals surface area (Å²) in [6, 6.07) is 16.1. The first-order valence-corrected chi connectivity index (χ1v) is 7.35. The quantitative estimate of drug-likeness (QED) is 0.572. The van der Waals surface area contributed by atoms with Crippen molar-refractivity contribution in [2.45, 2.75) is 13.8 Å². The molecule has 0 N–H and O–H groups in total. The maximum atomic E-state index is 10.6. The highest BCUT2D eigenvalue weighted by atomic mass is 16.1. The summed E-state index contributed by atoms with van der Waals surface area (Å²) < 4.78 is 0. The predicted molar refractivity (Wildman–Crippen MR) is 90.8 cm³/mol. The van der Waals surface area contributed by atoms with Crippen LogP contribution in [0.4, 0.5) is 5.69 Å². The number of hydrogen-bond acceptors (Lipinski definition) is 2. The van der Waals surface area contributed by atoms with Crippen LogP contribution in [0.2, 0.25) is 0 Å². The monoisotopic (exact) mass is 279 g/mol. The van der Waals surface area contributed by atoms with Gasteiger partial charge >= 0.3 is 0 Å². The molecule has 0 heterocycles. The highest BCUT2D eigenvalue weighted by Gasteiger charge is 2.00. The van der Waals surface area contributed by atoms with E-state index in [0.717, 1.165) is 24.9 Å². The third-order valence-electron chi connectivity index (χ3n) is 3.56. The van der Waals surface area contributed by atoms with E-state index in [0.29, 0.717) is 5.56 Å². The van der Waals surface area contributed by atoms with Crippen LogP contribution in [0.5, 0.6) is 0 Å². The fourth-order valence-electron chi connectivity index (χ4n) is 2.26. The van der Waals surface area contributed by atoms with Gasteiger partial charge in [0.25, 0.3) is 0 Å². The number of hydrogen-bond donors (Lipinski definition) is 0. The average Bonchev–Trinajstić information content (AvgIpc) is 2.55. The van der Waals surface area contributed by atoms with Crippen molar-refractivity contribution in [3.63, 3.8) is 0 Å². The molecule has 0 saturated heterocycles. The highest BCUT2D eigenvalue weighted by molar-refractivity contribution is 5.76. The number of rotatable bonds is 6. The summed E-state index contributed by atoms with van der Waals surface area (Å²) in [5, 5.41) is 0. The number of benzene rings is 2. The van der Waals surface area contributed by atoms with Crippen LogP contribution in [0.1, 0.15) is 35.3 Å². The summed E-state index contributed by atoms with van der Waals surface area (Å²) in [5.74, 6) is 0. The molecule has 2 aromatic carbocycles. The minimum absolute atomic E-state index is 0.704. The van der Waals surface area contributed by atoms with Gasteiger partial charge in [-0.15, -0.1) is 0 Å². The van der Waals surface area contributed by atoms with Crippen molar-refractivity contribution in [3.8, 4) is 0 Å². The molecule has 2 heteroatoms. The van der Waals surface area contributed by atoms with Gasteiger partial charge in [0, 0.05) is 24.3 Å². The van der Waals surface area contributed by atoms with Crippen LogP contribution < -0.4 is 4.90 Å². The summed E-state index contributed by atoms with van der Waals surface area (Å²) in [5.41, 5.74) is 4.22. The molecule has 2 nitrogen and oxygen atoms in total. The van der Waals surface area contributed by atoms with E-state index in [-0.39, 0.29) is 0 Å². The van der Waals surface area contributed by atoms with Gasteiger partial charge in [0.15, 0.2) is 0 Å². The lowest BCUT2D eigenvalue weighted by Crippen LogP contribution is -2.21. The van der Waals surface area contributed by atoms with Crippen LogP contribution in [0.15, 0.2) is 48.5 Å². The smallest absolute Gasteiger partial charge is 0.150 e. The molecule has 0 aliphatic heterocycles. The Morgan fingerprint density at radius 3 is 1.62 bits per heavy atom. The van der Waals surface area contributed by atoms with E-state index in [1.165, 1.54) is 11.3 Å². The van der Waals surface area contributed by atoms with E-state index < -0.39 is 0 Å². The molecule has 0 spiro atoms. The zero-order valence-corrected chi connectivity index (χ0v) is 12.6. The SMILES string of the molecule is CCN(CC)c1ccc(C=Cc2ccc(C=O)cc2)cc1. The lowest BCUT2D eigenvalue weighted by Gasteiger charge is -2.20. The lowest BCUT2D eigenvalue weighted by atomic mass is 10.1. The second-order valence-corrected chi connectivity index (χ2v) is 4.88. The van der Waals surface area contributed by atoms with E-state index in [2.05, 4.69) is 55.2 Å². The van der Waals surface area contributed by atoms with E-state index in [1.807, 2.05) is 24.3 Å². The van der Waals surface area contributed by atoms with Gasteiger partial charge in [-0.25, -0.2) is 0 Å². The number of nitrogens with zero attached hydrogens (tertiary/aromatic N) is 1. The Kier molecular flexibility index (Phi) is 5.33. The minimum Gasteiger partial charge on any atom is -0.372 e. The molecule has 0 saturated carbocycles. The minimum atomic E-state index is 0.704. The number of aldehydes is 1. The first-order chi connectivity index (χ1) is 10.3. The Morgan fingerprint density at radius 2 is 1.19 bits per heavy atom. The van der Waals surface area contributed by atoms with Gasteiger partial charge in [0.05, 0.1) is 0 Å². The van der Waals surface area contributed by atoms with Crippen LogP contribution in [-0.4, -0.2) is 19.4 Å². The van der Waals surface area contributed by atoms with Crippen LogP contribution in [0.25, 0.3) is 12.2 Å². The molecule has 0 atom stereocenters. The Labute approximate surface area is 126 Å². The summed E-state index contributed by atoms with van der Waals surface area (Å²) in [4.78, 5) is 12.9. The third kappa shape index (κ3) is 4.06. The summed E-state index contributed by atoms with van der Waals surface area (Å²) in [6.45, 7) is 6.38. The standard InChI is InChI=1S/C19H21NO/c1-3-20(4-2)19-13-11-17(12-14-19)6-5-16-7-9-18(15-21)10-8-16/h5-15H,3-4H2,1-2H3. The molecule has 0 aliphatic carbocycles. The molecule has 2 rings (SSSR count). The van der Waals surface area contributed by atoms with Crippen molar-refractivity contribution in [2.75, 3.05) is 18.0 Å². The van der Waals surface area contributed by atoms with Crippen molar-refractivity contribution < 1.29 is 4.79 Å². The second-order valence-electron chi connectivity index (χ2n) is 4.88. The molecule has 0 unspecified atom stereocenters. The highest BCUT2D eigenvalue weighted by Crippen LogP contribution is 2.16. The molecule has 0 fully saturated rings. The van der Waals surface area contributed by atoms with Gasteiger partial charge in [-0.05, 0) is 37.1 Å². The molecule has 0 bridgehead atoms. The van der Waals surface area contributed by atoms with Crippen LogP contribution in [-0.2, 0) is 0 Å². The molecular weight excluding hydrogens is 258 g/mol. The summed E-state index contributed by atoms with van der Waals surface area (Å²) >= 11 is 0. The van der Waals surface area contributed by atoms with Gasteiger partial charge < -0.3 is 4.90 Å². The van der Waals surface area contributed by atoms with Crippen LogP contribution in [0, 0.1) is 0 Å². The number of anilines is 1. The molecule has 2 aromatic rings. The largest absolute Gasteiger partial charge is 0.372 e. The molecule has 0 aliphatic rings. The second kappa shape index (κ2) is 7.44. The molecular formula is C19H21NO. The Bertz CT molecular complexity index is 592. The summed E-state index contributed by atoms with van der Waals surface area (Å²) in [7, 11) is 0. The van der Waals surface area contributed by atoms with Gasteiger partial charge in [-0.2, -0.15) is 0 Å². The van der Waals surface area contributed by atoms with Crippen molar-refractivity contribution in [3.05, 3.63) is 65.2 Å². The van der Waals surface area contributed by atoms with Crippen molar-refractivity contribution >= 4 is 24.1 Å². The first-order valence-electron chi connectivity index (χ1n) is 7.35. The van der Waals surface area contributed by atoms with Gasteiger partial charge in [0.1, 0.15) is 6.29 Å². The van der Waals surface area contributed by atoms with Crippen molar-refractivity contribution in [2.24, 2.45) is 0 Å². The fraction of sp³-hybridized carbons (Fsp3) is 0.211.